The summed E-state index contributed by atoms with van der Waals surface area (Å²) in [7, 11) is 4.32. The lowest BCUT2D eigenvalue weighted by molar-refractivity contribution is 0.174. The number of ether oxygens (including phenoxy) is 2. The van der Waals surface area contributed by atoms with Crippen molar-refractivity contribution < 1.29 is 9.47 Å². The number of halogens is 1. The van der Waals surface area contributed by atoms with Crippen molar-refractivity contribution in [1.82, 2.24) is 14.8 Å². The van der Waals surface area contributed by atoms with Crippen molar-refractivity contribution in [2.45, 2.75) is 19.0 Å². The van der Waals surface area contributed by atoms with Crippen LogP contribution in [0.3, 0.4) is 0 Å². The van der Waals surface area contributed by atoms with E-state index in [2.05, 4.69) is 30.0 Å². The van der Waals surface area contributed by atoms with Gasteiger partial charge in [0.05, 0.1) is 11.2 Å². The number of fused-ring (bicyclic) bond motifs is 2. The molecule has 0 radical (unpaired) electrons. The lowest BCUT2D eigenvalue weighted by Gasteiger charge is -2.21. The monoisotopic (exact) mass is 409 g/mol. The minimum atomic E-state index is 0.266. The van der Waals surface area contributed by atoms with E-state index in [9.17, 15) is 0 Å². The Morgan fingerprint density at radius 3 is 2.59 bits per heavy atom. The normalized spacial score (nSPS) is 18.8. The van der Waals surface area contributed by atoms with Crippen LogP contribution in [0.4, 0.5) is 0 Å². The van der Waals surface area contributed by atoms with Crippen LogP contribution in [0.15, 0.2) is 42.5 Å². The van der Waals surface area contributed by atoms with E-state index in [1.54, 1.807) is 0 Å². The number of aromatic nitrogens is 1. The van der Waals surface area contributed by atoms with Crippen LogP contribution in [0.25, 0.3) is 22.2 Å². The molecule has 6 heteroatoms. The Hall–Kier alpha value is -2.34. The summed E-state index contributed by atoms with van der Waals surface area (Å²) in [5.41, 5.74) is 4.21. The van der Waals surface area contributed by atoms with Crippen LogP contribution in [0, 0.1) is 0 Å². The first-order chi connectivity index (χ1) is 14.1. The molecule has 0 saturated carbocycles. The third kappa shape index (κ3) is 3.66. The number of hydrogen-bond acceptors (Lipinski definition) is 5. The van der Waals surface area contributed by atoms with Gasteiger partial charge in [-0.25, -0.2) is 4.98 Å². The molecule has 5 nitrogen and oxygen atoms in total. The van der Waals surface area contributed by atoms with Gasteiger partial charge in [-0.15, -0.1) is 0 Å². The van der Waals surface area contributed by atoms with Gasteiger partial charge < -0.3 is 14.4 Å². The molecule has 0 aliphatic carbocycles. The highest BCUT2D eigenvalue weighted by Gasteiger charge is 2.25. The summed E-state index contributed by atoms with van der Waals surface area (Å²) in [5.74, 6) is 1.55. The average molecular weight is 410 g/mol. The van der Waals surface area contributed by atoms with E-state index >= 15 is 0 Å². The maximum absolute atomic E-state index is 6.12. The van der Waals surface area contributed by atoms with Crippen LogP contribution in [0.2, 0.25) is 5.02 Å². The number of nitrogens with zero attached hydrogens (tertiary/aromatic N) is 3. The van der Waals surface area contributed by atoms with Gasteiger partial charge in [-0.2, -0.15) is 0 Å². The van der Waals surface area contributed by atoms with Crippen molar-refractivity contribution in [3.63, 3.8) is 0 Å². The van der Waals surface area contributed by atoms with E-state index in [1.165, 1.54) is 12.0 Å². The average Bonchev–Trinajstić information content (AvgIpc) is 3.35. The third-order valence-electron chi connectivity index (χ3n) is 5.88. The Kier molecular flexibility index (Phi) is 4.82. The molecular weight excluding hydrogens is 386 g/mol. The highest BCUT2D eigenvalue weighted by Crippen LogP contribution is 2.37. The molecule has 2 aromatic carbocycles. The topological polar surface area (TPSA) is 37.8 Å². The quantitative estimate of drug-likeness (QED) is 0.637. The fraction of sp³-hybridized carbons (Fsp3) is 0.348. The van der Waals surface area contributed by atoms with Gasteiger partial charge in [-0.3, -0.25) is 4.90 Å². The number of likely N-dealkylation sites (N-methyl/N-ethyl adjacent to an activating group) is 1. The van der Waals surface area contributed by atoms with Gasteiger partial charge in [-0.05, 0) is 50.3 Å². The summed E-state index contributed by atoms with van der Waals surface area (Å²) in [6.07, 6.45) is 1.20. The lowest BCUT2D eigenvalue weighted by atomic mass is 10.0. The molecule has 1 saturated heterocycles. The van der Waals surface area contributed by atoms with Crippen molar-refractivity contribution in [3.05, 3.63) is 53.1 Å². The summed E-state index contributed by atoms with van der Waals surface area (Å²) in [6, 6.07) is 14.8. The van der Waals surface area contributed by atoms with Crippen molar-refractivity contribution in [1.29, 1.82) is 0 Å². The van der Waals surface area contributed by atoms with E-state index in [0.717, 1.165) is 58.3 Å². The number of likely N-dealkylation sites (tertiary alicyclic amines) is 1. The zero-order valence-corrected chi connectivity index (χ0v) is 17.4. The van der Waals surface area contributed by atoms with Crippen LogP contribution < -0.4 is 9.47 Å². The van der Waals surface area contributed by atoms with Gasteiger partial charge in [0, 0.05) is 47.7 Å². The highest BCUT2D eigenvalue weighted by molar-refractivity contribution is 6.30. The molecule has 0 N–H and O–H groups in total. The molecule has 0 spiro atoms. The zero-order chi connectivity index (χ0) is 20.0. The molecule has 150 valence electrons. The fourth-order valence-corrected chi connectivity index (χ4v) is 4.33. The van der Waals surface area contributed by atoms with Crippen LogP contribution >= 0.6 is 11.6 Å². The number of benzene rings is 2. The summed E-state index contributed by atoms with van der Waals surface area (Å²) < 4.78 is 11.1. The first-order valence-electron chi connectivity index (χ1n) is 9.95. The minimum Gasteiger partial charge on any atom is -0.454 e. The predicted octanol–water partition coefficient (Wildman–Crippen LogP) is 4.42. The predicted molar refractivity (Wildman–Crippen MR) is 116 cm³/mol. The van der Waals surface area contributed by atoms with Gasteiger partial charge in [0.25, 0.3) is 0 Å². The van der Waals surface area contributed by atoms with Gasteiger partial charge in [0.1, 0.15) is 0 Å². The fourth-order valence-electron chi connectivity index (χ4n) is 4.20. The Morgan fingerprint density at radius 1 is 1.10 bits per heavy atom. The third-order valence-corrected chi connectivity index (χ3v) is 6.13. The summed E-state index contributed by atoms with van der Waals surface area (Å²) >= 11 is 6.12. The molecule has 2 aliphatic heterocycles. The summed E-state index contributed by atoms with van der Waals surface area (Å²) in [6.45, 7) is 3.32. The van der Waals surface area contributed by atoms with Gasteiger partial charge >= 0.3 is 0 Å². The molecule has 0 unspecified atom stereocenters. The molecule has 3 aromatic rings. The van der Waals surface area contributed by atoms with Gasteiger partial charge in [-0.1, -0.05) is 23.7 Å². The van der Waals surface area contributed by atoms with Crippen LogP contribution in [0.5, 0.6) is 11.5 Å². The Morgan fingerprint density at radius 2 is 1.86 bits per heavy atom. The molecule has 3 heterocycles. The first-order valence-corrected chi connectivity index (χ1v) is 10.3. The molecule has 2 aliphatic rings. The second kappa shape index (κ2) is 7.48. The Labute approximate surface area is 175 Å². The number of hydrogen-bond donors (Lipinski definition) is 0. The van der Waals surface area contributed by atoms with Crippen molar-refractivity contribution >= 4 is 22.5 Å². The highest BCUT2D eigenvalue weighted by atomic mass is 35.5. The molecule has 0 bridgehead atoms. The van der Waals surface area contributed by atoms with E-state index in [-0.39, 0.29) is 6.79 Å². The second-order valence-corrected chi connectivity index (χ2v) is 8.48. The van der Waals surface area contributed by atoms with Gasteiger partial charge in [0.15, 0.2) is 11.5 Å². The van der Waals surface area contributed by atoms with Crippen LogP contribution in [-0.2, 0) is 6.54 Å². The van der Waals surface area contributed by atoms with Crippen molar-refractivity contribution in [2.24, 2.45) is 0 Å². The maximum atomic E-state index is 6.12. The molecule has 5 rings (SSSR count). The summed E-state index contributed by atoms with van der Waals surface area (Å²) in [4.78, 5) is 9.87. The largest absolute Gasteiger partial charge is 0.454 e. The maximum Gasteiger partial charge on any atom is 0.231 e. The van der Waals surface area contributed by atoms with E-state index in [4.69, 9.17) is 26.1 Å². The van der Waals surface area contributed by atoms with E-state index < -0.39 is 0 Å². The molecule has 1 fully saturated rings. The SMILES string of the molecule is CN(C)[C@H]1CCN(Cc2cc3cc4c(cc3nc2-c2ccc(Cl)cc2)OCO4)C1. The van der Waals surface area contributed by atoms with Gasteiger partial charge in [0.2, 0.25) is 6.79 Å². The molecule has 0 amide bonds. The van der Waals surface area contributed by atoms with Crippen LogP contribution in [0.1, 0.15) is 12.0 Å². The van der Waals surface area contributed by atoms with Crippen molar-refractivity contribution in [3.8, 4) is 22.8 Å². The second-order valence-electron chi connectivity index (χ2n) is 8.04. The molecule has 29 heavy (non-hydrogen) atoms. The molecule has 1 aromatic heterocycles. The molecule has 1 atom stereocenters. The zero-order valence-electron chi connectivity index (χ0n) is 16.7. The van der Waals surface area contributed by atoms with E-state index in [1.807, 2.05) is 36.4 Å². The summed E-state index contributed by atoms with van der Waals surface area (Å²) in [5, 5.41) is 1.80. The standard InChI is InChI=1S/C23H24ClN3O2/c1-26(2)19-7-8-27(13-19)12-17-9-16-10-21-22(29-14-28-21)11-20(16)25-23(17)15-3-5-18(24)6-4-15/h3-6,9-11,19H,7-8,12-14H2,1-2H3/t19-/m0/s1. The minimum absolute atomic E-state index is 0.266. The molecular formula is C23H24ClN3O2. The number of pyridine rings is 1. The smallest absolute Gasteiger partial charge is 0.231 e. The first kappa shape index (κ1) is 18.7. The number of rotatable bonds is 4. The Balaban J connectivity index is 1.57. The van der Waals surface area contributed by atoms with E-state index in [0.29, 0.717) is 6.04 Å². The van der Waals surface area contributed by atoms with Crippen molar-refractivity contribution in [2.75, 3.05) is 34.0 Å². The lowest BCUT2D eigenvalue weighted by Crippen LogP contribution is -2.31. The van der Waals surface area contributed by atoms with Crippen LogP contribution in [-0.4, -0.2) is 54.8 Å². The Bertz CT molecular complexity index is 1050.